The van der Waals surface area contributed by atoms with Crippen LogP contribution < -0.4 is 15.8 Å². The highest BCUT2D eigenvalue weighted by molar-refractivity contribution is 7.14. The molecule has 1 unspecified atom stereocenters. The lowest BCUT2D eigenvalue weighted by Crippen LogP contribution is -2.43. The van der Waals surface area contributed by atoms with Crippen LogP contribution >= 0.6 is 11.3 Å². The number of esters is 3. The lowest BCUT2D eigenvalue weighted by Gasteiger charge is -2.19. The average Bonchev–Trinajstić information content (AvgIpc) is 3.34. The number of nitrogens with one attached hydrogen (secondary N) is 2. The number of halogens is 4. The molecular weight excluding hydrogens is 578 g/mol. The molecule has 41 heavy (non-hydrogen) atoms. The second-order valence-corrected chi connectivity index (χ2v) is 10.2. The Morgan fingerprint density at radius 1 is 1.10 bits per heavy atom. The van der Waals surface area contributed by atoms with Crippen molar-refractivity contribution in [2.45, 2.75) is 51.2 Å². The maximum absolute atomic E-state index is 14.3. The number of rotatable bonds is 12. The van der Waals surface area contributed by atoms with Crippen molar-refractivity contribution < 1.29 is 56.1 Å². The fraction of sp³-hybridized carbons (Fsp3) is 0.360. The van der Waals surface area contributed by atoms with Crippen molar-refractivity contribution in [3.05, 3.63) is 51.5 Å². The zero-order valence-corrected chi connectivity index (χ0v) is 22.4. The van der Waals surface area contributed by atoms with Crippen molar-refractivity contribution in [1.82, 2.24) is 5.32 Å². The molecule has 16 heteroatoms. The molecule has 222 valence electrons. The van der Waals surface area contributed by atoms with Crippen LogP contribution in [0.25, 0.3) is 0 Å². The zero-order chi connectivity index (χ0) is 31.1. The number of carboxylic acid groups (broad SMARTS) is 1. The minimum atomic E-state index is -5.47. The molecule has 0 aliphatic carbocycles. The lowest BCUT2D eigenvalue weighted by molar-refractivity contribution is -0.202. The summed E-state index contributed by atoms with van der Waals surface area (Å²) in [6.45, 7) is 3.68. The molecular formula is C25H25F4N3O8S. The number of alkyl halides is 3. The topological polar surface area (TPSA) is 186 Å². The molecule has 5 N–H and O–H groups in total. The zero-order valence-electron chi connectivity index (χ0n) is 21.5. The molecule has 0 bridgehead atoms. The first kappa shape index (κ1) is 32.9. The monoisotopic (exact) mass is 603 g/mol. The standard InChI is InChI=1S/C25H25F4N3O8S/c1-11(2)7-13(9-19(33)32-15(22(35)36)10-20(34)40-24(38)25(27,28)29)17-5-6-18(41-17)23(37)39-16-4-3-12(21(30)31)8-14(16)26/h3-6,8,11,13,15H,7,9-10H2,1-2H3,(H3,30,31)(H,32,33)(H,35,36)/t13?,15-/m0/s1. The Morgan fingerprint density at radius 3 is 2.29 bits per heavy atom. The van der Waals surface area contributed by atoms with Crippen molar-refractivity contribution in [3.63, 3.8) is 0 Å². The van der Waals surface area contributed by atoms with Crippen LogP contribution in [0.3, 0.4) is 0 Å². The predicted molar refractivity (Wildman–Crippen MR) is 135 cm³/mol. The smallest absolute Gasteiger partial charge is 0.480 e. The number of amides is 1. The van der Waals surface area contributed by atoms with Gasteiger partial charge >= 0.3 is 30.1 Å². The van der Waals surface area contributed by atoms with Gasteiger partial charge in [-0.05, 0) is 42.7 Å². The van der Waals surface area contributed by atoms with E-state index in [9.17, 15) is 46.6 Å². The van der Waals surface area contributed by atoms with Gasteiger partial charge in [0, 0.05) is 22.8 Å². The van der Waals surface area contributed by atoms with Gasteiger partial charge in [-0.15, -0.1) is 11.3 Å². The second-order valence-electron chi connectivity index (χ2n) is 9.10. The van der Waals surface area contributed by atoms with Crippen molar-refractivity contribution in [2.75, 3.05) is 0 Å². The molecule has 1 aromatic heterocycles. The van der Waals surface area contributed by atoms with Crippen LogP contribution in [0.2, 0.25) is 0 Å². The highest BCUT2D eigenvalue weighted by Crippen LogP contribution is 2.33. The first-order chi connectivity index (χ1) is 19.0. The number of carbonyl (C=O) groups is 5. The number of ether oxygens (including phenoxy) is 2. The molecule has 0 radical (unpaired) electrons. The maximum Gasteiger partial charge on any atom is 0.491 e. The normalized spacial score (nSPS) is 12.8. The number of aliphatic carboxylic acids is 1. The summed E-state index contributed by atoms with van der Waals surface area (Å²) in [5.41, 5.74) is 5.39. The van der Waals surface area contributed by atoms with Gasteiger partial charge in [-0.2, -0.15) is 13.2 Å². The molecule has 0 saturated carbocycles. The van der Waals surface area contributed by atoms with Crippen molar-refractivity contribution in [1.29, 1.82) is 5.41 Å². The third-order valence-corrected chi connectivity index (χ3v) is 6.53. The van der Waals surface area contributed by atoms with Crippen molar-refractivity contribution in [3.8, 4) is 5.75 Å². The van der Waals surface area contributed by atoms with Crippen molar-refractivity contribution >= 4 is 47.0 Å². The van der Waals surface area contributed by atoms with Gasteiger partial charge < -0.3 is 25.6 Å². The van der Waals surface area contributed by atoms with E-state index in [0.717, 1.165) is 23.5 Å². The summed E-state index contributed by atoms with van der Waals surface area (Å²) < 4.78 is 59.7. The van der Waals surface area contributed by atoms with Gasteiger partial charge in [0.25, 0.3) is 0 Å². The average molecular weight is 604 g/mol. The fourth-order valence-electron chi connectivity index (χ4n) is 3.50. The van der Waals surface area contributed by atoms with E-state index in [1.165, 1.54) is 18.2 Å². The molecule has 0 fully saturated rings. The third-order valence-electron chi connectivity index (χ3n) is 5.31. The van der Waals surface area contributed by atoms with Crippen LogP contribution in [0.15, 0.2) is 30.3 Å². The molecule has 0 saturated heterocycles. The number of carboxylic acids is 1. The molecule has 2 rings (SSSR count). The predicted octanol–water partition coefficient (Wildman–Crippen LogP) is 3.50. The summed E-state index contributed by atoms with van der Waals surface area (Å²) in [6.07, 6.45) is -6.64. The molecule has 1 aromatic carbocycles. The van der Waals surface area contributed by atoms with E-state index in [0.29, 0.717) is 11.3 Å². The summed E-state index contributed by atoms with van der Waals surface area (Å²) >= 11 is 0.946. The Hall–Kier alpha value is -4.34. The van der Waals surface area contributed by atoms with Gasteiger partial charge in [-0.25, -0.2) is 18.8 Å². The number of hydrogen-bond acceptors (Lipinski definition) is 9. The van der Waals surface area contributed by atoms with Gasteiger partial charge in [0.15, 0.2) is 11.6 Å². The Morgan fingerprint density at radius 2 is 1.76 bits per heavy atom. The lowest BCUT2D eigenvalue weighted by atomic mass is 9.92. The van der Waals surface area contributed by atoms with E-state index in [1.807, 2.05) is 19.2 Å². The second kappa shape index (κ2) is 13.8. The van der Waals surface area contributed by atoms with Crippen LogP contribution in [0, 0.1) is 17.1 Å². The van der Waals surface area contributed by atoms with Gasteiger partial charge in [0.05, 0.1) is 6.42 Å². The molecule has 11 nitrogen and oxygen atoms in total. The summed E-state index contributed by atoms with van der Waals surface area (Å²) in [5, 5.41) is 18.6. The summed E-state index contributed by atoms with van der Waals surface area (Å²) in [7, 11) is 0. The number of nitrogens with two attached hydrogens (primary N) is 1. The summed E-state index contributed by atoms with van der Waals surface area (Å²) in [4.78, 5) is 59.7. The molecule has 1 heterocycles. The Bertz CT molecular complexity index is 1340. The van der Waals surface area contributed by atoms with Crippen LogP contribution in [0.4, 0.5) is 17.6 Å². The molecule has 1 amide bonds. The molecule has 0 aliphatic heterocycles. The van der Waals surface area contributed by atoms with Gasteiger partial charge in [0.1, 0.15) is 16.8 Å². The fourth-order valence-corrected chi connectivity index (χ4v) is 4.50. The highest BCUT2D eigenvalue weighted by Gasteiger charge is 2.43. The Kier molecular flexibility index (Phi) is 11.1. The largest absolute Gasteiger partial charge is 0.491 e. The number of amidine groups is 1. The van der Waals surface area contributed by atoms with Crippen molar-refractivity contribution in [2.24, 2.45) is 11.7 Å². The Balaban J connectivity index is 2.11. The Labute approximate surface area is 234 Å². The number of nitrogen functional groups attached to an aromatic ring is 1. The van der Waals surface area contributed by atoms with Crippen LogP contribution in [-0.4, -0.2) is 52.9 Å². The minimum absolute atomic E-state index is 0.0258. The van der Waals surface area contributed by atoms with E-state index in [1.54, 1.807) is 0 Å². The summed E-state index contributed by atoms with van der Waals surface area (Å²) in [6, 6.07) is 4.31. The number of carbonyl (C=O) groups excluding carboxylic acids is 4. The van der Waals surface area contributed by atoms with E-state index in [2.05, 4.69) is 4.74 Å². The molecule has 2 aromatic rings. The summed E-state index contributed by atoms with van der Waals surface area (Å²) in [5.74, 6) is -10.4. The minimum Gasteiger partial charge on any atom is -0.480 e. The number of thiophene rings is 1. The van der Waals surface area contributed by atoms with E-state index < -0.39 is 65.9 Å². The van der Waals surface area contributed by atoms with E-state index in [4.69, 9.17) is 15.9 Å². The first-order valence-electron chi connectivity index (χ1n) is 11.8. The van der Waals surface area contributed by atoms with Crippen LogP contribution in [0.1, 0.15) is 59.1 Å². The van der Waals surface area contributed by atoms with Gasteiger partial charge in [-0.1, -0.05) is 13.8 Å². The highest BCUT2D eigenvalue weighted by atomic mass is 32.1. The molecule has 0 spiro atoms. The molecule has 2 atom stereocenters. The maximum atomic E-state index is 14.3. The van der Waals surface area contributed by atoms with Crippen LogP contribution in [0.5, 0.6) is 5.75 Å². The number of benzene rings is 1. The van der Waals surface area contributed by atoms with Gasteiger partial charge in [0.2, 0.25) is 5.91 Å². The van der Waals surface area contributed by atoms with E-state index in [-0.39, 0.29) is 28.6 Å². The van der Waals surface area contributed by atoms with Gasteiger partial charge in [-0.3, -0.25) is 15.0 Å². The SMILES string of the molecule is CC(C)CC(CC(=O)N[C@@H](CC(=O)OC(=O)C(F)(F)F)C(=O)O)c1ccc(C(=O)Oc2ccc(C(=N)N)cc2F)s1. The molecule has 0 aliphatic rings. The van der Waals surface area contributed by atoms with Crippen LogP contribution in [-0.2, 0) is 23.9 Å². The van der Waals surface area contributed by atoms with E-state index >= 15 is 0 Å². The number of hydrogen-bond donors (Lipinski definition) is 4. The third kappa shape index (κ3) is 9.97. The quantitative estimate of drug-likeness (QED) is 0.0704. The first-order valence-corrected chi connectivity index (χ1v) is 12.6.